The van der Waals surface area contributed by atoms with Gasteiger partial charge in [0, 0.05) is 59.5 Å². The van der Waals surface area contributed by atoms with Crippen molar-refractivity contribution in [2.24, 2.45) is 0 Å². The Labute approximate surface area is 729 Å². The zero-order chi connectivity index (χ0) is 90.3. The number of para-hydroxylation sites is 3. The van der Waals surface area contributed by atoms with Gasteiger partial charge in [-0.3, -0.25) is 0 Å². The molecule has 0 saturated heterocycles. The number of nitrogens with zero attached hydrogens (tertiary/aromatic N) is 2. The summed E-state index contributed by atoms with van der Waals surface area (Å²) in [5.74, 6) is 0. The third-order valence-corrected chi connectivity index (χ3v) is 26.3. The average molecular weight is 1590 g/mol. The number of hydrogen-bond donors (Lipinski definition) is 0. The highest BCUT2D eigenvalue weighted by molar-refractivity contribution is 8.00. The van der Waals surface area contributed by atoms with Crippen LogP contribution in [-0.4, -0.2) is 11.3 Å². The molecule has 2 aromatic heterocycles. The second kappa shape index (κ2) is 29.1. The van der Waals surface area contributed by atoms with Gasteiger partial charge in [0.2, 0.25) is 6.71 Å². The monoisotopic (exact) mass is 1590 g/mol. The first-order valence-corrected chi connectivity index (χ1v) is 43.2. The zero-order valence-corrected chi connectivity index (χ0v) is 72.3. The fourth-order valence-electron chi connectivity index (χ4n) is 18.2. The second-order valence-corrected chi connectivity index (χ2v) is 39.4. The first-order chi connectivity index (χ1) is 61.4. The van der Waals surface area contributed by atoms with Crippen molar-refractivity contribution < 1.29 is 15.4 Å². The average Bonchev–Trinajstić information content (AvgIpc) is 1.68. The van der Waals surface area contributed by atoms with Gasteiger partial charge in [-0.2, -0.15) is 0 Å². The molecule has 0 spiro atoms. The second-order valence-electron chi connectivity index (χ2n) is 38.4. The first kappa shape index (κ1) is 68.1. The molecule has 20 rings (SSSR count). The summed E-state index contributed by atoms with van der Waals surface area (Å²) in [5.41, 5.74) is 31.5. The fourth-order valence-corrected chi connectivity index (χ4v) is 19.5. The molecular weight excluding hydrogens is 1480 g/mol. The fraction of sp³-hybridized carbons (Fsp3) is 0.172. The van der Waals surface area contributed by atoms with E-state index in [1.807, 2.05) is 18.2 Å². The van der Waals surface area contributed by atoms with Crippen molar-refractivity contribution in [1.29, 1.82) is 0 Å². The molecule has 18 aromatic rings. The van der Waals surface area contributed by atoms with Crippen molar-refractivity contribution in [3.05, 3.63) is 367 Å². The SMILES string of the molecule is [2H]c1c([2H])c([2H])c2c(c1[2H])c1c([2H])c([2H])c([2H])c([2H])c1n2-c1ccc2c(c1)N(c1c(-c3ccccc3)cc(C(C)(C)C)cc1-c1ccccc1)c1cc(-c3ccc4c(c3)oc3ccccc34)cc3c1B2c1cc(-c2cc(-c4ccc(C(C)(C)C)cc4)cc(-c4ccc(C(C)(C)C)cc4)c2)cc(-c2cc(-c4ccc(C(C)(C)C)cc4)cc(-c4ccc(C(C)(C)C)cc4)c2)c1S3. The smallest absolute Gasteiger partial charge is 0.249 e. The van der Waals surface area contributed by atoms with E-state index in [2.05, 4.69) is 382 Å². The molecule has 16 aromatic carbocycles. The molecule has 0 unspecified atom stereocenters. The summed E-state index contributed by atoms with van der Waals surface area (Å²) in [7, 11) is 0. The highest BCUT2D eigenvalue weighted by atomic mass is 32.2. The summed E-state index contributed by atoms with van der Waals surface area (Å²) in [5, 5.41) is 2.03. The van der Waals surface area contributed by atoms with Crippen molar-refractivity contribution in [3.8, 4) is 106 Å². The number of benzene rings is 16. The molecule has 0 N–H and O–H groups in total. The minimum atomic E-state index is -0.561. The van der Waals surface area contributed by atoms with E-state index in [1.54, 1.807) is 16.3 Å². The predicted octanol–water partition coefficient (Wildman–Crippen LogP) is 30.9. The van der Waals surface area contributed by atoms with Gasteiger partial charge in [-0.15, -0.1) is 0 Å². The van der Waals surface area contributed by atoms with E-state index in [0.717, 1.165) is 171 Å². The van der Waals surface area contributed by atoms with E-state index in [-0.39, 0.29) is 61.0 Å². The van der Waals surface area contributed by atoms with Crippen LogP contribution in [0.15, 0.2) is 354 Å². The molecule has 2 aliphatic rings. The van der Waals surface area contributed by atoms with Crippen molar-refractivity contribution in [3.63, 3.8) is 0 Å². The first-order valence-electron chi connectivity index (χ1n) is 46.4. The number of fused-ring (bicyclic) bond motifs is 10. The quantitative estimate of drug-likeness (QED) is 0.120. The zero-order valence-electron chi connectivity index (χ0n) is 79.5. The number of aromatic nitrogens is 1. The van der Waals surface area contributed by atoms with Gasteiger partial charge in [0.1, 0.15) is 11.2 Å². The Balaban J connectivity index is 0.958. The van der Waals surface area contributed by atoms with Crippen LogP contribution in [-0.2, 0) is 27.1 Å². The number of rotatable bonds is 11. The van der Waals surface area contributed by atoms with Crippen molar-refractivity contribution in [2.75, 3.05) is 4.90 Å². The van der Waals surface area contributed by atoms with Crippen molar-refractivity contribution in [2.45, 2.75) is 141 Å². The molecule has 3 nitrogen and oxygen atoms in total. The molecule has 0 amide bonds. The number of furan rings is 1. The normalized spacial score (nSPS) is 13.9. The minimum Gasteiger partial charge on any atom is -0.456 e. The maximum atomic E-state index is 10.0. The number of anilines is 3. The lowest BCUT2D eigenvalue weighted by Gasteiger charge is -2.43. The molecule has 4 heterocycles. The van der Waals surface area contributed by atoms with Gasteiger partial charge in [-0.25, -0.2) is 0 Å². The lowest BCUT2D eigenvalue weighted by molar-refractivity contribution is 0.590. The van der Waals surface area contributed by atoms with Crippen molar-refractivity contribution >= 4 is 95.7 Å². The van der Waals surface area contributed by atoms with Crippen LogP contribution < -0.4 is 21.3 Å². The summed E-state index contributed by atoms with van der Waals surface area (Å²) in [4.78, 5) is 4.56. The molecule has 0 saturated carbocycles. The molecule has 0 fully saturated rings. The Kier molecular flexibility index (Phi) is 16.4. The number of hydrogen-bond acceptors (Lipinski definition) is 3. The van der Waals surface area contributed by atoms with E-state index < -0.39 is 43.0 Å². The molecule has 0 bridgehead atoms. The molecule has 590 valence electrons. The summed E-state index contributed by atoms with van der Waals surface area (Å²) >= 11 is 1.81. The Morgan fingerprint density at radius 1 is 0.289 bits per heavy atom. The Morgan fingerprint density at radius 2 is 0.702 bits per heavy atom. The van der Waals surface area contributed by atoms with Crippen molar-refractivity contribution in [1.82, 2.24) is 4.57 Å². The minimum absolute atomic E-state index is 0.000409. The van der Waals surface area contributed by atoms with Crippen LogP contribution in [0.2, 0.25) is 0 Å². The van der Waals surface area contributed by atoms with Crippen LogP contribution in [0.4, 0.5) is 17.1 Å². The van der Waals surface area contributed by atoms with Crippen LogP contribution in [0.25, 0.3) is 150 Å². The van der Waals surface area contributed by atoms with Crippen LogP contribution in [0.1, 0.15) is 143 Å². The largest absolute Gasteiger partial charge is 0.456 e. The molecule has 121 heavy (non-hydrogen) atoms. The van der Waals surface area contributed by atoms with E-state index in [4.69, 9.17) is 4.42 Å². The summed E-state index contributed by atoms with van der Waals surface area (Å²) in [6.45, 7) is 33.4. The summed E-state index contributed by atoms with van der Waals surface area (Å²) in [6.07, 6.45) is 0. The highest BCUT2D eigenvalue weighted by Gasteiger charge is 2.44. The third kappa shape index (κ3) is 13.9. The molecule has 2 aliphatic heterocycles. The van der Waals surface area contributed by atoms with Gasteiger partial charge in [0.05, 0.1) is 27.7 Å². The van der Waals surface area contributed by atoms with E-state index in [9.17, 15) is 11.0 Å². The van der Waals surface area contributed by atoms with Crippen LogP contribution >= 0.6 is 11.8 Å². The topological polar surface area (TPSA) is 21.3 Å². The van der Waals surface area contributed by atoms with Gasteiger partial charge in [0.15, 0.2) is 0 Å². The van der Waals surface area contributed by atoms with Gasteiger partial charge < -0.3 is 13.9 Å². The van der Waals surface area contributed by atoms with Crippen LogP contribution in [0.3, 0.4) is 0 Å². The van der Waals surface area contributed by atoms with Gasteiger partial charge in [-0.05, 0) is 264 Å². The van der Waals surface area contributed by atoms with E-state index in [0.29, 0.717) is 5.69 Å². The maximum Gasteiger partial charge on any atom is 0.249 e. The Hall–Kier alpha value is -12.7. The van der Waals surface area contributed by atoms with E-state index in [1.165, 1.54) is 22.3 Å². The molecule has 0 aliphatic carbocycles. The summed E-state index contributed by atoms with van der Waals surface area (Å²) < 4.78 is 85.5. The Bertz CT molecular complexity index is 7360. The molecule has 0 radical (unpaired) electrons. The van der Waals surface area contributed by atoms with Gasteiger partial charge in [-0.1, -0.05) is 351 Å². The van der Waals surface area contributed by atoms with Gasteiger partial charge >= 0.3 is 0 Å². The van der Waals surface area contributed by atoms with Gasteiger partial charge in [0.25, 0.3) is 0 Å². The van der Waals surface area contributed by atoms with Crippen LogP contribution in [0.5, 0.6) is 0 Å². The predicted molar refractivity (Wildman–Crippen MR) is 520 cm³/mol. The molecule has 0 atom stereocenters. The lowest BCUT2D eigenvalue weighted by Crippen LogP contribution is -2.60. The lowest BCUT2D eigenvalue weighted by atomic mass is 9.34. The standard InChI is InChI=1S/C116H101BN2OS/c1-112(2,3)87-47-38-72(39-48-87)79-58-80(73-40-49-88(50-41-73)113(4,5)6)61-83(60-79)84-64-99(86-62-81(74-42-51-89(52-43-74)114(7,8)9)59-82(63-86)75-44-53-90(54-45-75)115(10,11)12)111-101(65-84)117-100-57-55-92(118-102-35-25-22-32-93(102)94-33-23-26-36-103(94)118)71-104(100)119(110-97(76-28-18-16-19-29-76)69-91(116(13,14)15)70-98(110)77-30-20-17-21-31-77)105-66-85(68-108(121-111)109(105)117)78-46-56-96-95-34-24-27-37-106(95)120-107(96)67-78/h16-71H,1-15H3/i22D,23D,25D,26D,32D,33D,35D,36D. The van der Waals surface area contributed by atoms with E-state index >= 15 is 0 Å². The summed E-state index contributed by atoms with van der Waals surface area (Å²) in [6, 6.07) is 104. The van der Waals surface area contributed by atoms with Crippen LogP contribution in [0, 0.1) is 0 Å². The third-order valence-electron chi connectivity index (χ3n) is 25.1. The maximum absolute atomic E-state index is 10.0. The molecule has 5 heteroatoms. The molecular formula is C116H101BN2OS. The Morgan fingerprint density at radius 3 is 1.18 bits per heavy atom. The highest BCUT2D eigenvalue weighted by Crippen LogP contribution is 2.54.